The lowest BCUT2D eigenvalue weighted by atomic mass is 10.3. The first kappa shape index (κ1) is 13.2. The van der Waals surface area contributed by atoms with Gasteiger partial charge < -0.3 is 5.32 Å². The van der Waals surface area contributed by atoms with Crippen LogP contribution in [-0.4, -0.2) is 21.0 Å². The van der Waals surface area contributed by atoms with E-state index in [9.17, 15) is 0 Å². The molecule has 1 fully saturated rings. The van der Waals surface area contributed by atoms with Gasteiger partial charge in [-0.25, -0.2) is 4.68 Å². The SMILES string of the molecule is Clc1cc(Cl)c(-n2cc(CNC3CC3)nn2)cc1Cl. The predicted molar refractivity (Wildman–Crippen MR) is 76.3 cm³/mol. The second-order valence-corrected chi connectivity index (χ2v) is 5.75. The Morgan fingerprint density at radius 1 is 1.16 bits per heavy atom. The average Bonchev–Trinajstić information content (AvgIpc) is 3.09. The summed E-state index contributed by atoms with van der Waals surface area (Å²) < 4.78 is 1.61. The summed E-state index contributed by atoms with van der Waals surface area (Å²) in [6.45, 7) is 0.712. The van der Waals surface area contributed by atoms with Crippen LogP contribution in [0.25, 0.3) is 5.69 Å². The highest BCUT2D eigenvalue weighted by atomic mass is 35.5. The first-order valence-corrected chi connectivity index (χ1v) is 7.06. The summed E-state index contributed by atoms with van der Waals surface area (Å²) in [5, 5.41) is 12.9. The summed E-state index contributed by atoms with van der Waals surface area (Å²) in [7, 11) is 0. The minimum atomic E-state index is 0.422. The Hall–Kier alpha value is -0.810. The highest BCUT2D eigenvalue weighted by molar-refractivity contribution is 6.43. The molecule has 1 aromatic carbocycles. The van der Waals surface area contributed by atoms with Crippen molar-refractivity contribution in [2.75, 3.05) is 0 Å². The standard InChI is InChI=1S/C12H11Cl3N4/c13-9-3-11(15)12(4-10(9)14)19-6-8(17-18-19)5-16-7-1-2-7/h3-4,6-7,16H,1-2,5H2. The van der Waals surface area contributed by atoms with E-state index in [1.165, 1.54) is 12.8 Å². The number of hydrogen-bond donors (Lipinski definition) is 1. The molecule has 0 atom stereocenters. The van der Waals surface area contributed by atoms with Crippen LogP contribution < -0.4 is 5.32 Å². The van der Waals surface area contributed by atoms with E-state index in [2.05, 4.69) is 15.6 Å². The van der Waals surface area contributed by atoms with Gasteiger partial charge >= 0.3 is 0 Å². The number of nitrogens with one attached hydrogen (secondary N) is 1. The van der Waals surface area contributed by atoms with Gasteiger partial charge in [-0.05, 0) is 25.0 Å². The first-order chi connectivity index (χ1) is 9.13. The molecule has 100 valence electrons. The number of nitrogens with zero attached hydrogens (tertiary/aromatic N) is 3. The zero-order chi connectivity index (χ0) is 13.4. The minimum absolute atomic E-state index is 0.422. The number of benzene rings is 1. The van der Waals surface area contributed by atoms with E-state index in [0.717, 1.165) is 5.69 Å². The van der Waals surface area contributed by atoms with Gasteiger partial charge in [-0.15, -0.1) is 5.10 Å². The smallest absolute Gasteiger partial charge is 0.0969 e. The predicted octanol–water partition coefficient (Wildman–Crippen LogP) is 3.48. The highest BCUT2D eigenvalue weighted by Crippen LogP contribution is 2.30. The highest BCUT2D eigenvalue weighted by Gasteiger charge is 2.20. The Morgan fingerprint density at radius 2 is 1.89 bits per heavy atom. The van der Waals surface area contributed by atoms with Gasteiger partial charge in [-0.1, -0.05) is 40.0 Å². The van der Waals surface area contributed by atoms with Crippen molar-refractivity contribution < 1.29 is 0 Å². The fraction of sp³-hybridized carbons (Fsp3) is 0.333. The summed E-state index contributed by atoms with van der Waals surface area (Å²) in [5.41, 5.74) is 1.54. The Kier molecular flexibility index (Phi) is 3.67. The Labute approximate surface area is 125 Å². The third-order valence-corrected chi connectivity index (χ3v) is 3.95. The van der Waals surface area contributed by atoms with Crippen LogP contribution >= 0.6 is 34.8 Å². The van der Waals surface area contributed by atoms with E-state index in [1.807, 2.05) is 6.20 Å². The van der Waals surface area contributed by atoms with E-state index < -0.39 is 0 Å². The summed E-state index contributed by atoms with van der Waals surface area (Å²) in [5.74, 6) is 0. The summed E-state index contributed by atoms with van der Waals surface area (Å²) in [6, 6.07) is 3.92. The maximum absolute atomic E-state index is 6.14. The molecule has 4 nitrogen and oxygen atoms in total. The van der Waals surface area contributed by atoms with Crippen molar-refractivity contribution in [3.8, 4) is 5.69 Å². The monoisotopic (exact) mass is 316 g/mol. The van der Waals surface area contributed by atoms with Crippen molar-refractivity contribution in [3.63, 3.8) is 0 Å². The van der Waals surface area contributed by atoms with Crippen molar-refractivity contribution in [1.29, 1.82) is 0 Å². The zero-order valence-electron chi connectivity index (χ0n) is 9.91. The van der Waals surface area contributed by atoms with Crippen molar-refractivity contribution >= 4 is 34.8 Å². The molecule has 1 N–H and O–H groups in total. The lowest BCUT2D eigenvalue weighted by Crippen LogP contribution is -2.15. The molecule has 0 saturated heterocycles. The summed E-state index contributed by atoms with van der Waals surface area (Å²) in [6.07, 6.45) is 4.32. The summed E-state index contributed by atoms with van der Waals surface area (Å²) >= 11 is 18.0. The quantitative estimate of drug-likeness (QED) is 0.878. The molecule has 0 aliphatic heterocycles. The molecule has 0 spiro atoms. The van der Waals surface area contributed by atoms with Gasteiger partial charge in [0.05, 0.1) is 32.6 Å². The van der Waals surface area contributed by atoms with E-state index in [4.69, 9.17) is 34.8 Å². The molecule has 1 heterocycles. The molecule has 2 aromatic rings. The maximum Gasteiger partial charge on any atom is 0.0969 e. The van der Waals surface area contributed by atoms with E-state index >= 15 is 0 Å². The molecule has 1 saturated carbocycles. The number of rotatable bonds is 4. The van der Waals surface area contributed by atoms with Crippen LogP contribution in [0.4, 0.5) is 0 Å². The number of halogens is 3. The average molecular weight is 318 g/mol. The van der Waals surface area contributed by atoms with Crippen LogP contribution in [0.3, 0.4) is 0 Å². The minimum Gasteiger partial charge on any atom is -0.308 e. The molecule has 1 aromatic heterocycles. The van der Waals surface area contributed by atoms with Crippen LogP contribution in [-0.2, 0) is 6.54 Å². The van der Waals surface area contributed by atoms with Crippen molar-refractivity contribution in [2.45, 2.75) is 25.4 Å². The second-order valence-electron chi connectivity index (χ2n) is 4.53. The topological polar surface area (TPSA) is 42.7 Å². The second kappa shape index (κ2) is 5.29. The van der Waals surface area contributed by atoms with Crippen molar-refractivity contribution in [2.24, 2.45) is 0 Å². The van der Waals surface area contributed by atoms with E-state index in [0.29, 0.717) is 33.3 Å². The van der Waals surface area contributed by atoms with Crippen LogP contribution in [0.5, 0.6) is 0 Å². The van der Waals surface area contributed by atoms with Crippen molar-refractivity contribution in [1.82, 2.24) is 20.3 Å². The summed E-state index contributed by atoms with van der Waals surface area (Å²) in [4.78, 5) is 0. The third-order valence-electron chi connectivity index (χ3n) is 2.93. The number of hydrogen-bond acceptors (Lipinski definition) is 3. The van der Waals surface area contributed by atoms with Gasteiger partial charge in [0.15, 0.2) is 0 Å². The lowest BCUT2D eigenvalue weighted by Gasteiger charge is -2.05. The van der Waals surface area contributed by atoms with Gasteiger partial charge in [-0.3, -0.25) is 0 Å². The molecule has 0 unspecified atom stereocenters. The Balaban J connectivity index is 1.83. The van der Waals surface area contributed by atoms with Crippen LogP contribution in [0.1, 0.15) is 18.5 Å². The maximum atomic E-state index is 6.14. The molecule has 1 aliphatic carbocycles. The fourth-order valence-electron chi connectivity index (χ4n) is 1.72. The number of aromatic nitrogens is 3. The molecule has 3 rings (SSSR count). The molecule has 1 aliphatic rings. The van der Waals surface area contributed by atoms with Gasteiger partial charge in [0, 0.05) is 12.6 Å². The lowest BCUT2D eigenvalue weighted by molar-refractivity contribution is 0.671. The fourth-order valence-corrected chi connectivity index (χ4v) is 2.35. The van der Waals surface area contributed by atoms with E-state index in [1.54, 1.807) is 16.8 Å². The molecular formula is C12H11Cl3N4. The molecule has 19 heavy (non-hydrogen) atoms. The Morgan fingerprint density at radius 3 is 2.63 bits per heavy atom. The van der Waals surface area contributed by atoms with Gasteiger partial charge in [-0.2, -0.15) is 0 Å². The van der Waals surface area contributed by atoms with Crippen LogP contribution in [0, 0.1) is 0 Å². The molecular weight excluding hydrogens is 307 g/mol. The molecule has 0 radical (unpaired) electrons. The van der Waals surface area contributed by atoms with Crippen LogP contribution in [0.2, 0.25) is 15.1 Å². The van der Waals surface area contributed by atoms with E-state index in [-0.39, 0.29) is 0 Å². The normalized spacial score (nSPS) is 14.9. The zero-order valence-corrected chi connectivity index (χ0v) is 12.2. The third kappa shape index (κ3) is 3.03. The first-order valence-electron chi connectivity index (χ1n) is 5.93. The molecule has 0 bridgehead atoms. The van der Waals surface area contributed by atoms with Crippen LogP contribution in [0.15, 0.2) is 18.3 Å². The Bertz CT molecular complexity index is 607. The largest absolute Gasteiger partial charge is 0.308 e. The molecule has 7 heteroatoms. The van der Waals surface area contributed by atoms with Gasteiger partial charge in [0.2, 0.25) is 0 Å². The van der Waals surface area contributed by atoms with Gasteiger partial charge in [0.1, 0.15) is 0 Å². The van der Waals surface area contributed by atoms with Gasteiger partial charge in [0.25, 0.3) is 0 Å². The van der Waals surface area contributed by atoms with Crippen molar-refractivity contribution in [3.05, 3.63) is 39.1 Å². The molecule has 0 amide bonds.